The van der Waals surface area contributed by atoms with Crippen LogP contribution in [-0.2, 0) is 12.8 Å². The Balaban J connectivity index is 2.14. The van der Waals surface area contributed by atoms with Gasteiger partial charge in [-0.3, -0.25) is 0 Å². The van der Waals surface area contributed by atoms with Crippen molar-refractivity contribution in [3.63, 3.8) is 0 Å². The van der Waals surface area contributed by atoms with Crippen LogP contribution in [0.3, 0.4) is 0 Å². The molecule has 0 aliphatic carbocycles. The molecule has 0 unspecified atom stereocenters. The highest BCUT2D eigenvalue weighted by atomic mass is 127. The van der Waals surface area contributed by atoms with Gasteiger partial charge in [-0.25, -0.2) is 0 Å². The van der Waals surface area contributed by atoms with Crippen LogP contribution in [0.1, 0.15) is 38.8 Å². The number of hydrogen-bond donors (Lipinski definition) is 0. The van der Waals surface area contributed by atoms with E-state index in [1.807, 2.05) is 0 Å². The Morgan fingerprint density at radius 2 is 0.967 bits per heavy atom. The summed E-state index contributed by atoms with van der Waals surface area (Å²) in [5.41, 5.74) is 5.76. The van der Waals surface area contributed by atoms with Gasteiger partial charge in [0, 0.05) is 18.3 Å². The van der Waals surface area contributed by atoms with Crippen molar-refractivity contribution in [2.24, 2.45) is 11.8 Å². The van der Waals surface area contributed by atoms with E-state index in [1.54, 1.807) is 0 Å². The Bertz CT molecular complexity index is 1120. The highest BCUT2D eigenvalue weighted by Crippen LogP contribution is 2.43. The molecule has 2 heteroatoms. The second kappa shape index (κ2) is 9.15. The molecule has 154 valence electrons. The molecular formula is C28H28I2. The second-order valence-corrected chi connectivity index (χ2v) is 11.2. The first-order valence-electron chi connectivity index (χ1n) is 10.8. The number of rotatable bonds is 5. The summed E-state index contributed by atoms with van der Waals surface area (Å²) in [7, 11) is 0. The fourth-order valence-electron chi connectivity index (χ4n) is 4.43. The lowest BCUT2D eigenvalue weighted by atomic mass is 9.88. The van der Waals surface area contributed by atoms with Crippen molar-refractivity contribution >= 4 is 66.7 Å². The van der Waals surface area contributed by atoms with Crippen LogP contribution >= 0.6 is 45.2 Å². The molecule has 0 saturated heterocycles. The summed E-state index contributed by atoms with van der Waals surface area (Å²) in [6, 6.07) is 22.6. The van der Waals surface area contributed by atoms with Crippen LogP contribution in [0.5, 0.6) is 0 Å². The molecule has 0 radical (unpaired) electrons. The van der Waals surface area contributed by atoms with Crippen molar-refractivity contribution in [3.8, 4) is 11.1 Å². The topological polar surface area (TPSA) is 0 Å². The predicted molar refractivity (Wildman–Crippen MR) is 149 cm³/mol. The maximum absolute atomic E-state index is 2.61. The first-order valence-corrected chi connectivity index (χ1v) is 12.9. The fourth-order valence-corrected chi connectivity index (χ4v) is 6.30. The van der Waals surface area contributed by atoms with Crippen LogP contribution < -0.4 is 0 Å². The number of hydrogen-bond acceptors (Lipinski definition) is 0. The zero-order chi connectivity index (χ0) is 21.4. The van der Waals surface area contributed by atoms with E-state index in [9.17, 15) is 0 Å². The number of benzene rings is 4. The molecular weight excluding hydrogens is 590 g/mol. The van der Waals surface area contributed by atoms with Gasteiger partial charge in [-0.2, -0.15) is 0 Å². The van der Waals surface area contributed by atoms with E-state index in [4.69, 9.17) is 0 Å². The molecule has 0 amide bonds. The lowest BCUT2D eigenvalue weighted by Gasteiger charge is -2.21. The molecule has 4 aromatic carbocycles. The minimum absolute atomic E-state index is 0.635. The summed E-state index contributed by atoms with van der Waals surface area (Å²) in [4.78, 5) is 0. The molecule has 0 aromatic heterocycles. The van der Waals surface area contributed by atoms with Crippen molar-refractivity contribution in [2.45, 2.75) is 40.5 Å². The zero-order valence-electron chi connectivity index (χ0n) is 18.1. The minimum Gasteiger partial charge on any atom is -0.0625 e. The van der Waals surface area contributed by atoms with Crippen LogP contribution in [0, 0.1) is 19.0 Å². The molecule has 0 spiro atoms. The normalized spacial score (nSPS) is 11.9. The van der Waals surface area contributed by atoms with Crippen molar-refractivity contribution in [3.05, 3.63) is 78.9 Å². The monoisotopic (exact) mass is 618 g/mol. The Labute approximate surface area is 207 Å². The Morgan fingerprint density at radius 1 is 0.600 bits per heavy atom. The standard InChI is InChI=1S/C28H28I2/c1-17(2)13-21-15-19-9-5-7-11-23(19)25(27(21)29)26-24-12-8-6-10-20(24)16-22(28(26)30)14-18(3)4/h5-12,15-18H,13-14H2,1-4H3. The predicted octanol–water partition coefficient (Wildman–Crippen LogP) is 9.27. The van der Waals surface area contributed by atoms with Crippen LogP contribution in [0.15, 0.2) is 60.7 Å². The molecule has 4 aromatic rings. The molecule has 0 N–H and O–H groups in total. The summed E-state index contributed by atoms with van der Waals surface area (Å²) in [6.45, 7) is 9.25. The first kappa shape index (κ1) is 22.1. The molecule has 0 atom stereocenters. The molecule has 0 fully saturated rings. The Morgan fingerprint density at radius 3 is 1.33 bits per heavy atom. The van der Waals surface area contributed by atoms with Gasteiger partial charge in [0.05, 0.1) is 0 Å². The van der Waals surface area contributed by atoms with Crippen molar-refractivity contribution in [2.75, 3.05) is 0 Å². The third-order valence-electron chi connectivity index (χ3n) is 5.63. The van der Waals surface area contributed by atoms with Gasteiger partial charge < -0.3 is 0 Å². The largest absolute Gasteiger partial charge is 0.0625 e. The maximum atomic E-state index is 2.61. The third-order valence-corrected chi connectivity index (χ3v) is 8.09. The van der Waals surface area contributed by atoms with E-state index >= 15 is 0 Å². The lowest BCUT2D eigenvalue weighted by molar-refractivity contribution is 0.645. The average Bonchev–Trinajstić information content (AvgIpc) is 2.70. The van der Waals surface area contributed by atoms with Crippen LogP contribution in [0.2, 0.25) is 0 Å². The van der Waals surface area contributed by atoms with Crippen molar-refractivity contribution in [1.29, 1.82) is 0 Å². The van der Waals surface area contributed by atoms with E-state index in [1.165, 1.54) is 50.9 Å². The summed E-state index contributed by atoms with van der Waals surface area (Å²) in [5, 5.41) is 5.41. The van der Waals surface area contributed by atoms with Crippen molar-refractivity contribution in [1.82, 2.24) is 0 Å². The summed E-state index contributed by atoms with van der Waals surface area (Å²) in [6.07, 6.45) is 2.21. The van der Waals surface area contributed by atoms with E-state index < -0.39 is 0 Å². The number of halogens is 2. The SMILES string of the molecule is CC(C)Cc1cc2ccccc2c(-c2c(I)c(CC(C)C)cc3ccccc23)c1I. The third kappa shape index (κ3) is 4.27. The maximum Gasteiger partial charge on any atom is 0.0247 e. The molecule has 0 nitrogen and oxygen atoms in total. The van der Waals surface area contributed by atoms with Gasteiger partial charge in [-0.1, -0.05) is 88.4 Å². The molecule has 0 bridgehead atoms. The van der Waals surface area contributed by atoms with Gasteiger partial charge in [0.2, 0.25) is 0 Å². The van der Waals surface area contributed by atoms with Crippen LogP contribution in [-0.4, -0.2) is 0 Å². The van der Waals surface area contributed by atoms with Crippen molar-refractivity contribution < 1.29 is 0 Å². The van der Waals surface area contributed by atoms with E-state index in [-0.39, 0.29) is 0 Å². The van der Waals surface area contributed by atoms with Gasteiger partial charge in [0.1, 0.15) is 0 Å². The minimum atomic E-state index is 0.635. The molecule has 30 heavy (non-hydrogen) atoms. The van der Waals surface area contributed by atoms with E-state index in [0.29, 0.717) is 11.8 Å². The highest BCUT2D eigenvalue weighted by Gasteiger charge is 2.20. The van der Waals surface area contributed by atoms with Gasteiger partial charge in [-0.15, -0.1) is 0 Å². The summed E-state index contributed by atoms with van der Waals surface area (Å²) in [5.74, 6) is 1.27. The highest BCUT2D eigenvalue weighted by molar-refractivity contribution is 14.1. The quantitative estimate of drug-likeness (QED) is 0.196. The van der Waals surface area contributed by atoms with Gasteiger partial charge >= 0.3 is 0 Å². The number of fused-ring (bicyclic) bond motifs is 2. The van der Waals surface area contributed by atoms with Crippen LogP contribution in [0.25, 0.3) is 32.7 Å². The first-order chi connectivity index (χ1) is 14.4. The van der Waals surface area contributed by atoms with E-state index in [0.717, 1.165) is 12.8 Å². The molecule has 0 aliphatic heterocycles. The molecule has 0 heterocycles. The van der Waals surface area contributed by atoms with Gasteiger partial charge in [-0.05, 0) is 103 Å². The fraction of sp³-hybridized carbons (Fsp3) is 0.286. The molecule has 4 rings (SSSR count). The van der Waals surface area contributed by atoms with E-state index in [2.05, 4.69) is 134 Å². The Hall–Kier alpha value is -1.14. The van der Waals surface area contributed by atoms with Gasteiger partial charge in [0.15, 0.2) is 0 Å². The second-order valence-electron chi connectivity index (χ2n) is 9.09. The smallest absolute Gasteiger partial charge is 0.0247 e. The summed E-state index contributed by atoms with van der Waals surface area (Å²) >= 11 is 5.22. The average molecular weight is 618 g/mol. The molecule has 0 saturated carbocycles. The summed E-state index contributed by atoms with van der Waals surface area (Å²) < 4.78 is 2.81. The zero-order valence-corrected chi connectivity index (χ0v) is 22.4. The Kier molecular flexibility index (Phi) is 6.73. The lowest BCUT2D eigenvalue weighted by Crippen LogP contribution is -2.03. The van der Waals surface area contributed by atoms with Crippen LogP contribution in [0.4, 0.5) is 0 Å². The molecule has 0 aliphatic rings. The van der Waals surface area contributed by atoms with Gasteiger partial charge in [0.25, 0.3) is 0 Å².